The first-order valence-electron chi connectivity index (χ1n) is 3.97. The van der Waals surface area contributed by atoms with Crippen molar-refractivity contribution in [3.05, 3.63) is 11.7 Å². The van der Waals surface area contributed by atoms with Crippen LogP contribution in [0, 0.1) is 0 Å². The minimum atomic E-state index is -6.84. The molecule has 0 rings (SSSR count). The molecule has 0 heterocycles. The van der Waals surface area contributed by atoms with E-state index in [9.17, 15) is 52.7 Å². The molecule has 0 radical (unpaired) electrons. The van der Waals surface area contributed by atoms with E-state index in [1.54, 1.807) is 0 Å². The molecular weight excluding hydrogens is 312 g/mol. The van der Waals surface area contributed by atoms with Crippen LogP contribution in [0.4, 0.5) is 52.7 Å². The van der Waals surface area contributed by atoms with E-state index in [1.807, 2.05) is 0 Å². The van der Waals surface area contributed by atoms with E-state index < -0.39 is 42.3 Å². The average Bonchev–Trinajstić information content (AvgIpc) is 2.07. The molecule has 12 heteroatoms. The molecule has 19 heavy (non-hydrogen) atoms. The highest BCUT2D eigenvalue weighted by atomic mass is 19.4. The van der Waals surface area contributed by atoms with Gasteiger partial charge in [-0.2, -0.15) is 48.3 Å². The van der Waals surface area contributed by atoms with Gasteiger partial charge in [-0.1, -0.05) is 0 Å². The van der Waals surface area contributed by atoms with Gasteiger partial charge in [-0.25, -0.2) is 4.39 Å². The average molecular weight is 314 g/mol. The Morgan fingerprint density at radius 3 is 1.11 bits per heavy atom. The highest BCUT2D eigenvalue weighted by Crippen LogP contribution is 2.52. The minimum absolute atomic E-state index is 3.52. The zero-order valence-corrected chi connectivity index (χ0v) is 8.24. The maximum absolute atomic E-state index is 12.8. The lowest BCUT2D eigenvalue weighted by Gasteiger charge is -2.30. The van der Waals surface area contributed by atoms with Crippen molar-refractivity contribution in [3.8, 4) is 0 Å². The predicted octanol–water partition coefficient (Wildman–Crippen LogP) is 4.92. The van der Waals surface area contributed by atoms with Crippen LogP contribution >= 0.6 is 0 Å². The molecule has 0 fully saturated rings. The Balaban J connectivity index is 5.82. The van der Waals surface area contributed by atoms with Crippen LogP contribution in [0.1, 0.15) is 6.42 Å². The molecule has 0 aliphatic rings. The molecule has 0 aromatic rings. The number of allylic oxidation sites excluding steroid dienone is 1. The molecule has 0 saturated heterocycles. The number of hydrogen-bond acceptors (Lipinski definition) is 0. The summed E-state index contributed by atoms with van der Waals surface area (Å²) >= 11 is 0. The van der Waals surface area contributed by atoms with Crippen molar-refractivity contribution in [3.63, 3.8) is 0 Å². The smallest absolute Gasteiger partial charge is 0.223 e. The first-order chi connectivity index (χ1) is 8.04. The second kappa shape index (κ2) is 4.78. The van der Waals surface area contributed by atoms with Gasteiger partial charge in [0, 0.05) is 6.42 Å². The van der Waals surface area contributed by atoms with E-state index in [1.165, 1.54) is 0 Å². The number of alkyl halides is 10. The summed E-state index contributed by atoms with van der Waals surface area (Å²) in [6.45, 7) is 0. The fourth-order valence-corrected chi connectivity index (χ4v) is 0.879. The Bertz CT molecular complexity index is 334. The summed E-state index contributed by atoms with van der Waals surface area (Å²) in [5.74, 6) is 0. The van der Waals surface area contributed by atoms with E-state index in [4.69, 9.17) is 0 Å². The molecule has 0 aromatic carbocycles. The maximum atomic E-state index is 12.8. The van der Waals surface area contributed by atoms with Crippen molar-refractivity contribution in [2.24, 2.45) is 0 Å². The lowest BCUT2D eigenvalue weighted by atomic mass is 9.95. The maximum Gasteiger partial charge on any atom is 0.431 e. The molecule has 0 atom stereocenters. The van der Waals surface area contributed by atoms with Crippen LogP contribution in [0.15, 0.2) is 11.7 Å². The standard InChI is InChI=1S/C7H2F12/c8-3(9)2(5(11,12)13)1-4(10,6(14,15)16)7(17,18)19/h1H2. The molecule has 0 aliphatic carbocycles. The van der Waals surface area contributed by atoms with Crippen LogP contribution in [-0.4, -0.2) is 24.2 Å². The van der Waals surface area contributed by atoms with Crippen molar-refractivity contribution in [1.82, 2.24) is 0 Å². The van der Waals surface area contributed by atoms with Crippen molar-refractivity contribution < 1.29 is 52.7 Å². The molecule has 0 bridgehead atoms. The van der Waals surface area contributed by atoms with Crippen molar-refractivity contribution in [2.45, 2.75) is 30.6 Å². The second-order valence-corrected chi connectivity index (χ2v) is 3.21. The second-order valence-electron chi connectivity index (χ2n) is 3.21. The summed E-state index contributed by atoms with van der Waals surface area (Å²) in [4.78, 5) is 0. The molecule has 0 aliphatic heterocycles. The summed E-state index contributed by atoms with van der Waals surface area (Å²) in [5.41, 5.74) is -9.95. The van der Waals surface area contributed by atoms with Gasteiger partial charge in [-0.15, -0.1) is 0 Å². The normalized spacial score (nSPS) is 14.5. The van der Waals surface area contributed by atoms with Gasteiger partial charge in [0.25, 0.3) is 6.08 Å². The van der Waals surface area contributed by atoms with E-state index >= 15 is 0 Å². The van der Waals surface area contributed by atoms with E-state index in [0.717, 1.165) is 0 Å². The SMILES string of the molecule is FC(F)=C(CC(F)(C(F)(F)F)C(F)(F)F)C(F)(F)F. The van der Waals surface area contributed by atoms with Gasteiger partial charge in [0.05, 0.1) is 0 Å². The van der Waals surface area contributed by atoms with Crippen molar-refractivity contribution in [1.29, 1.82) is 0 Å². The largest absolute Gasteiger partial charge is 0.431 e. The fourth-order valence-electron chi connectivity index (χ4n) is 0.879. The Labute approximate surface area is 96.2 Å². The summed E-state index contributed by atoms with van der Waals surface area (Å²) in [6, 6.07) is 0. The van der Waals surface area contributed by atoms with Gasteiger partial charge in [0.15, 0.2) is 0 Å². The zero-order valence-electron chi connectivity index (χ0n) is 8.24. The van der Waals surface area contributed by atoms with Crippen LogP contribution in [0.2, 0.25) is 0 Å². The van der Waals surface area contributed by atoms with Crippen LogP contribution in [0.3, 0.4) is 0 Å². The lowest BCUT2D eigenvalue weighted by Crippen LogP contribution is -2.54. The summed E-state index contributed by atoms with van der Waals surface area (Å²) in [5, 5.41) is 0. The molecule has 0 amide bonds. The Morgan fingerprint density at radius 1 is 0.632 bits per heavy atom. The molecule has 0 saturated carbocycles. The Hall–Kier alpha value is -1.10. The quantitative estimate of drug-likeness (QED) is 0.635. The van der Waals surface area contributed by atoms with Gasteiger partial charge in [0.2, 0.25) is 0 Å². The third-order valence-corrected chi connectivity index (χ3v) is 1.89. The fraction of sp³-hybridized carbons (Fsp3) is 0.714. The molecule has 114 valence electrons. The molecule has 0 aromatic heterocycles. The molecular formula is C7H2F12. The van der Waals surface area contributed by atoms with Crippen molar-refractivity contribution in [2.75, 3.05) is 0 Å². The minimum Gasteiger partial charge on any atom is -0.223 e. The summed E-state index contributed by atoms with van der Waals surface area (Å²) in [6.07, 6.45) is -27.4. The monoisotopic (exact) mass is 314 g/mol. The third kappa shape index (κ3) is 3.69. The molecule has 0 spiro atoms. The lowest BCUT2D eigenvalue weighted by molar-refractivity contribution is -0.342. The number of rotatable bonds is 2. The van der Waals surface area contributed by atoms with Crippen LogP contribution in [0.5, 0.6) is 0 Å². The summed E-state index contributed by atoms with van der Waals surface area (Å²) in [7, 11) is 0. The highest BCUT2D eigenvalue weighted by Gasteiger charge is 2.73. The van der Waals surface area contributed by atoms with Gasteiger partial charge in [0.1, 0.15) is 5.57 Å². The highest BCUT2D eigenvalue weighted by molar-refractivity contribution is 5.16. The molecule has 0 N–H and O–H groups in total. The zero-order chi connectivity index (χ0) is 15.9. The van der Waals surface area contributed by atoms with E-state index in [-0.39, 0.29) is 0 Å². The van der Waals surface area contributed by atoms with Gasteiger partial charge >= 0.3 is 24.2 Å². The van der Waals surface area contributed by atoms with E-state index in [0.29, 0.717) is 0 Å². The van der Waals surface area contributed by atoms with Crippen LogP contribution < -0.4 is 0 Å². The topological polar surface area (TPSA) is 0 Å². The van der Waals surface area contributed by atoms with E-state index in [2.05, 4.69) is 0 Å². The first kappa shape index (κ1) is 17.9. The first-order valence-corrected chi connectivity index (χ1v) is 3.97. The third-order valence-electron chi connectivity index (χ3n) is 1.89. The number of halogens is 12. The van der Waals surface area contributed by atoms with Gasteiger partial charge in [-0.05, 0) is 0 Å². The van der Waals surface area contributed by atoms with Gasteiger partial charge in [-0.3, -0.25) is 0 Å². The van der Waals surface area contributed by atoms with Crippen LogP contribution in [0.25, 0.3) is 0 Å². The Morgan fingerprint density at radius 2 is 0.947 bits per heavy atom. The predicted molar refractivity (Wildman–Crippen MR) is 35.9 cm³/mol. The van der Waals surface area contributed by atoms with Crippen LogP contribution in [-0.2, 0) is 0 Å². The Kier molecular flexibility index (Phi) is 4.50. The summed E-state index contributed by atoms with van der Waals surface area (Å²) < 4.78 is 143. The van der Waals surface area contributed by atoms with Gasteiger partial charge < -0.3 is 0 Å². The molecule has 0 unspecified atom stereocenters. The number of hydrogen-bond donors (Lipinski definition) is 0. The molecule has 0 nitrogen and oxygen atoms in total. The van der Waals surface area contributed by atoms with Crippen molar-refractivity contribution >= 4 is 0 Å².